The molecule has 0 atom stereocenters. The van der Waals surface area contributed by atoms with Crippen LogP contribution in [0.1, 0.15) is 15.9 Å². The summed E-state index contributed by atoms with van der Waals surface area (Å²) in [7, 11) is 1.51. The van der Waals surface area contributed by atoms with E-state index >= 15 is 0 Å². The number of aromatic nitrogens is 3. The number of rotatable bonds is 8. The van der Waals surface area contributed by atoms with Crippen molar-refractivity contribution in [3.8, 4) is 11.5 Å². The molecule has 0 unspecified atom stereocenters. The second kappa shape index (κ2) is 12.3. The van der Waals surface area contributed by atoms with Crippen LogP contribution in [0.4, 0.5) is 17.8 Å². The number of ether oxygens (including phenoxy) is 4. The van der Waals surface area contributed by atoms with Crippen LogP contribution in [0.5, 0.6) is 11.5 Å². The largest absolute Gasteiger partial charge is 0.493 e. The van der Waals surface area contributed by atoms with Crippen molar-refractivity contribution >= 4 is 30.0 Å². The van der Waals surface area contributed by atoms with Gasteiger partial charge in [-0.15, -0.1) is 0 Å². The van der Waals surface area contributed by atoms with Gasteiger partial charge in [-0.3, -0.25) is 0 Å². The van der Waals surface area contributed by atoms with Crippen LogP contribution < -0.4 is 24.7 Å². The van der Waals surface area contributed by atoms with Crippen LogP contribution >= 0.6 is 0 Å². The van der Waals surface area contributed by atoms with E-state index in [2.05, 4.69) is 30.3 Å². The molecular formula is C26H29N7O5. The van der Waals surface area contributed by atoms with Crippen LogP contribution in [0.2, 0.25) is 0 Å². The van der Waals surface area contributed by atoms with Gasteiger partial charge in [0.05, 0.1) is 45.3 Å². The fraction of sp³-hybridized carbons (Fsp3) is 0.346. The molecule has 2 aliphatic heterocycles. The number of hydrogen-bond donors (Lipinski definition) is 1. The smallest absolute Gasteiger partial charge is 0.343 e. The maximum absolute atomic E-state index is 12.4. The zero-order chi connectivity index (χ0) is 26.2. The van der Waals surface area contributed by atoms with Crippen LogP contribution in [0.25, 0.3) is 0 Å². The molecule has 2 fully saturated rings. The van der Waals surface area contributed by atoms with Gasteiger partial charge in [0.25, 0.3) is 0 Å². The van der Waals surface area contributed by atoms with E-state index in [1.54, 1.807) is 48.7 Å². The zero-order valence-corrected chi connectivity index (χ0v) is 21.1. The van der Waals surface area contributed by atoms with Gasteiger partial charge in [0.1, 0.15) is 0 Å². The second-order valence-corrected chi connectivity index (χ2v) is 8.49. The number of carbonyl (C=O) groups is 1. The highest BCUT2D eigenvalue weighted by atomic mass is 16.6. The minimum absolute atomic E-state index is 0.314. The molecule has 0 amide bonds. The molecular weight excluding hydrogens is 490 g/mol. The molecule has 38 heavy (non-hydrogen) atoms. The standard InChI is InChI=1S/C26H29N7O5/c1-35-22-17-19(7-8-21(22)38-23(34)20-5-3-2-4-6-20)18-27-31-24-28-25(32-9-13-36-14-10-32)30-26(29-24)33-11-15-37-16-12-33/h2-8,17-18H,9-16H2,1H3,(H,28,29,30,31)/b27-18-. The summed E-state index contributed by atoms with van der Waals surface area (Å²) < 4.78 is 21.9. The number of methoxy groups -OCH3 is 1. The first kappa shape index (κ1) is 25.4. The number of nitrogens with one attached hydrogen (secondary N) is 1. The van der Waals surface area contributed by atoms with E-state index in [1.165, 1.54) is 7.11 Å². The number of carbonyl (C=O) groups excluding carboxylic acids is 1. The molecule has 0 radical (unpaired) electrons. The van der Waals surface area contributed by atoms with Crippen molar-refractivity contribution < 1.29 is 23.7 Å². The fourth-order valence-electron chi connectivity index (χ4n) is 3.96. The van der Waals surface area contributed by atoms with Gasteiger partial charge in [0.15, 0.2) is 11.5 Å². The van der Waals surface area contributed by atoms with E-state index in [4.69, 9.17) is 23.9 Å². The predicted molar refractivity (Wildman–Crippen MR) is 142 cm³/mol. The Kier molecular flexibility index (Phi) is 8.21. The van der Waals surface area contributed by atoms with Crippen molar-refractivity contribution in [3.63, 3.8) is 0 Å². The average molecular weight is 520 g/mol. The Bertz CT molecular complexity index is 1230. The van der Waals surface area contributed by atoms with E-state index in [9.17, 15) is 4.79 Å². The van der Waals surface area contributed by atoms with Crippen molar-refractivity contribution in [2.75, 3.05) is 74.9 Å². The van der Waals surface area contributed by atoms with E-state index in [0.717, 1.165) is 5.56 Å². The Morgan fingerprint density at radius 3 is 2.13 bits per heavy atom. The lowest BCUT2D eigenvalue weighted by Crippen LogP contribution is -2.40. The number of esters is 1. The van der Waals surface area contributed by atoms with Gasteiger partial charge in [0, 0.05) is 26.2 Å². The Labute approximate surface area is 220 Å². The minimum atomic E-state index is -0.464. The topological polar surface area (TPSA) is 124 Å². The summed E-state index contributed by atoms with van der Waals surface area (Å²) >= 11 is 0. The maximum atomic E-state index is 12.4. The highest BCUT2D eigenvalue weighted by Crippen LogP contribution is 2.28. The van der Waals surface area contributed by atoms with Gasteiger partial charge in [-0.25, -0.2) is 10.2 Å². The Morgan fingerprint density at radius 1 is 0.895 bits per heavy atom. The Hall–Kier alpha value is -4.29. The quantitative estimate of drug-likeness (QED) is 0.204. The summed E-state index contributed by atoms with van der Waals surface area (Å²) in [6.45, 7) is 5.31. The van der Waals surface area contributed by atoms with Crippen molar-refractivity contribution in [1.29, 1.82) is 0 Å². The number of hydrogen-bond acceptors (Lipinski definition) is 12. The first-order chi connectivity index (χ1) is 18.7. The van der Waals surface area contributed by atoms with Gasteiger partial charge in [-0.1, -0.05) is 18.2 Å². The number of morpholine rings is 2. The molecule has 12 nitrogen and oxygen atoms in total. The number of benzene rings is 2. The van der Waals surface area contributed by atoms with E-state index in [1.807, 2.05) is 6.07 Å². The third kappa shape index (κ3) is 6.33. The minimum Gasteiger partial charge on any atom is -0.493 e. The van der Waals surface area contributed by atoms with E-state index in [0.29, 0.717) is 87.5 Å². The van der Waals surface area contributed by atoms with Gasteiger partial charge >= 0.3 is 5.97 Å². The SMILES string of the molecule is COc1cc(/C=N\Nc2nc(N3CCOCC3)nc(N3CCOCC3)n2)ccc1OC(=O)c1ccccc1. The van der Waals surface area contributed by atoms with E-state index < -0.39 is 5.97 Å². The van der Waals surface area contributed by atoms with Gasteiger partial charge in [0.2, 0.25) is 17.8 Å². The third-order valence-corrected chi connectivity index (χ3v) is 5.98. The predicted octanol–water partition coefficient (Wildman–Crippen LogP) is 2.22. The molecule has 12 heteroatoms. The summed E-state index contributed by atoms with van der Waals surface area (Å²) in [6.07, 6.45) is 1.61. The molecule has 198 valence electrons. The van der Waals surface area contributed by atoms with Crippen molar-refractivity contribution in [1.82, 2.24) is 15.0 Å². The van der Waals surface area contributed by atoms with Gasteiger partial charge in [-0.05, 0) is 35.9 Å². The maximum Gasteiger partial charge on any atom is 0.343 e. The van der Waals surface area contributed by atoms with Gasteiger partial charge in [-0.2, -0.15) is 20.1 Å². The van der Waals surface area contributed by atoms with Crippen LogP contribution in [0.3, 0.4) is 0 Å². The van der Waals surface area contributed by atoms with Crippen LogP contribution in [-0.4, -0.2) is 86.9 Å². The molecule has 1 aromatic heterocycles. The Morgan fingerprint density at radius 2 is 1.53 bits per heavy atom. The first-order valence-corrected chi connectivity index (χ1v) is 12.4. The van der Waals surface area contributed by atoms with Crippen molar-refractivity contribution in [3.05, 3.63) is 59.7 Å². The second-order valence-electron chi connectivity index (χ2n) is 8.49. The summed E-state index contributed by atoms with van der Waals surface area (Å²) in [6, 6.07) is 13.9. The molecule has 2 aliphatic rings. The summed E-state index contributed by atoms with van der Waals surface area (Å²) in [5.74, 6) is 1.74. The molecule has 3 heterocycles. The van der Waals surface area contributed by atoms with Gasteiger partial charge < -0.3 is 28.7 Å². The summed E-state index contributed by atoms with van der Waals surface area (Å²) in [5, 5.41) is 4.32. The molecule has 5 rings (SSSR count). The monoisotopic (exact) mass is 519 g/mol. The van der Waals surface area contributed by atoms with E-state index in [-0.39, 0.29) is 0 Å². The zero-order valence-electron chi connectivity index (χ0n) is 21.1. The molecule has 0 saturated carbocycles. The van der Waals surface area contributed by atoms with Crippen LogP contribution in [0, 0.1) is 0 Å². The van der Waals surface area contributed by atoms with Crippen LogP contribution in [-0.2, 0) is 9.47 Å². The molecule has 2 aromatic carbocycles. The number of anilines is 3. The lowest BCUT2D eigenvalue weighted by atomic mass is 10.2. The third-order valence-electron chi connectivity index (χ3n) is 5.98. The van der Waals surface area contributed by atoms with Crippen molar-refractivity contribution in [2.24, 2.45) is 5.10 Å². The first-order valence-electron chi connectivity index (χ1n) is 12.4. The lowest BCUT2D eigenvalue weighted by molar-refractivity contribution is 0.0729. The lowest BCUT2D eigenvalue weighted by Gasteiger charge is -2.30. The molecule has 0 bridgehead atoms. The summed E-state index contributed by atoms with van der Waals surface area (Å²) in [4.78, 5) is 30.4. The molecule has 0 spiro atoms. The molecule has 1 N–H and O–H groups in total. The van der Waals surface area contributed by atoms with Crippen LogP contribution in [0.15, 0.2) is 53.6 Å². The average Bonchev–Trinajstić information content (AvgIpc) is 2.99. The Balaban J connectivity index is 1.30. The highest BCUT2D eigenvalue weighted by Gasteiger charge is 2.20. The normalized spacial score (nSPS) is 15.9. The molecule has 2 saturated heterocycles. The number of hydrazone groups is 1. The number of nitrogens with zero attached hydrogens (tertiary/aromatic N) is 6. The summed E-state index contributed by atoms with van der Waals surface area (Å²) in [5.41, 5.74) is 4.10. The molecule has 0 aliphatic carbocycles. The van der Waals surface area contributed by atoms with Crippen molar-refractivity contribution in [2.45, 2.75) is 0 Å². The molecule has 3 aromatic rings. The highest BCUT2D eigenvalue weighted by molar-refractivity contribution is 5.91. The fourth-order valence-corrected chi connectivity index (χ4v) is 3.96.